The number of hydrogen-bond donors (Lipinski definition) is 1. The van der Waals surface area contributed by atoms with E-state index in [4.69, 9.17) is 4.74 Å². The second-order valence-corrected chi connectivity index (χ2v) is 6.19. The Bertz CT molecular complexity index is 512. The molecular weight excluding hydrogens is 304 g/mol. The summed E-state index contributed by atoms with van der Waals surface area (Å²) in [4.78, 5) is 23.6. The normalized spacial score (nSPS) is 15.3. The first-order valence-corrected chi connectivity index (χ1v) is 9.06. The molecule has 4 heteroatoms. The lowest BCUT2D eigenvalue weighted by atomic mass is 9.99. The first-order valence-electron chi connectivity index (χ1n) is 9.06. The predicted octanol–water partition coefficient (Wildman–Crippen LogP) is 4.96. The molecule has 0 fully saturated rings. The van der Waals surface area contributed by atoms with Crippen LogP contribution in [0, 0.1) is 0 Å². The molecule has 0 amide bonds. The van der Waals surface area contributed by atoms with Gasteiger partial charge in [0.15, 0.2) is 11.5 Å². The molecule has 0 saturated carbocycles. The highest BCUT2D eigenvalue weighted by Crippen LogP contribution is 2.19. The molecule has 1 N–H and O–H groups in total. The molecule has 1 aliphatic rings. The lowest BCUT2D eigenvalue weighted by Crippen LogP contribution is -2.19. The monoisotopic (exact) mass is 334 g/mol. The van der Waals surface area contributed by atoms with Crippen LogP contribution in [0.25, 0.3) is 0 Å². The van der Waals surface area contributed by atoms with E-state index in [-0.39, 0.29) is 11.3 Å². The van der Waals surface area contributed by atoms with Crippen molar-refractivity contribution in [3.8, 4) is 0 Å². The third-order valence-corrected chi connectivity index (χ3v) is 4.20. The highest BCUT2D eigenvalue weighted by atomic mass is 16.5. The summed E-state index contributed by atoms with van der Waals surface area (Å²) < 4.78 is 4.87. The number of aliphatic hydroxyl groups is 1. The molecule has 0 spiro atoms. The fraction of sp³-hybridized carbons (Fsp3) is 0.600. The predicted molar refractivity (Wildman–Crippen MR) is 95.7 cm³/mol. The molecule has 0 bridgehead atoms. The SMILES string of the molecule is CCCCCCCCCCCC=CC1=C(O)C(=O)C=C(OC)C1=O. The van der Waals surface area contributed by atoms with Crippen molar-refractivity contribution in [2.75, 3.05) is 7.11 Å². The number of hydrogen-bond acceptors (Lipinski definition) is 4. The molecule has 0 unspecified atom stereocenters. The third kappa shape index (κ3) is 6.73. The molecule has 0 aromatic rings. The Morgan fingerprint density at radius 1 is 1.00 bits per heavy atom. The van der Waals surface area contributed by atoms with Gasteiger partial charge in [0, 0.05) is 6.08 Å². The summed E-state index contributed by atoms with van der Waals surface area (Å²) in [7, 11) is 1.34. The number of carbonyl (C=O) groups is 2. The fourth-order valence-electron chi connectivity index (χ4n) is 2.71. The number of Topliss-reactive ketones (excluding diaryl/α,β-unsaturated/α-hetero) is 1. The number of allylic oxidation sites excluding steroid dienone is 4. The number of ether oxygens (including phenoxy) is 1. The van der Waals surface area contributed by atoms with Crippen LogP contribution in [-0.4, -0.2) is 23.8 Å². The van der Waals surface area contributed by atoms with Gasteiger partial charge in [0.05, 0.1) is 12.7 Å². The Morgan fingerprint density at radius 3 is 2.17 bits per heavy atom. The van der Waals surface area contributed by atoms with E-state index in [1.807, 2.05) is 6.08 Å². The number of methoxy groups -OCH3 is 1. The minimum Gasteiger partial charge on any atom is -0.504 e. The minimum atomic E-state index is -0.589. The molecule has 24 heavy (non-hydrogen) atoms. The van der Waals surface area contributed by atoms with Crippen molar-refractivity contribution < 1.29 is 19.4 Å². The van der Waals surface area contributed by atoms with Crippen molar-refractivity contribution in [3.63, 3.8) is 0 Å². The molecule has 0 saturated heterocycles. The second-order valence-electron chi connectivity index (χ2n) is 6.19. The van der Waals surface area contributed by atoms with Gasteiger partial charge in [0.2, 0.25) is 11.6 Å². The number of rotatable bonds is 12. The van der Waals surface area contributed by atoms with Gasteiger partial charge < -0.3 is 9.84 Å². The van der Waals surface area contributed by atoms with E-state index >= 15 is 0 Å². The van der Waals surface area contributed by atoms with Gasteiger partial charge in [-0.3, -0.25) is 9.59 Å². The van der Waals surface area contributed by atoms with Crippen LogP contribution >= 0.6 is 0 Å². The van der Waals surface area contributed by atoms with E-state index in [1.54, 1.807) is 0 Å². The van der Waals surface area contributed by atoms with Gasteiger partial charge >= 0.3 is 0 Å². The van der Waals surface area contributed by atoms with Gasteiger partial charge in [-0.2, -0.15) is 0 Å². The molecular formula is C20H30O4. The maximum Gasteiger partial charge on any atom is 0.231 e. The van der Waals surface area contributed by atoms with Gasteiger partial charge in [-0.25, -0.2) is 0 Å². The van der Waals surface area contributed by atoms with E-state index < -0.39 is 17.3 Å². The molecule has 0 radical (unpaired) electrons. The number of aliphatic hydroxyl groups excluding tert-OH is 1. The Balaban J connectivity index is 2.24. The Kier molecular flexibility index (Phi) is 9.81. The average Bonchev–Trinajstić information content (AvgIpc) is 2.58. The third-order valence-electron chi connectivity index (χ3n) is 4.20. The van der Waals surface area contributed by atoms with Crippen molar-refractivity contribution in [2.45, 2.75) is 71.1 Å². The molecule has 0 heterocycles. The topological polar surface area (TPSA) is 63.6 Å². The van der Waals surface area contributed by atoms with Crippen LogP contribution in [0.5, 0.6) is 0 Å². The number of ketones is 2. The molecule has 1 aliphatic carbocycles. The molecule has 0 aromatic heterocycles. The molecule has 0 aliphatic heterocycles. The standard InChI is InChI=1S/C20H30O4/c1-3-4-5-6-7-8-9-10-11-12-13-14-16-19(22)17(21)15-18(24-2)20(16)23/h13-15,22H,3-12H2,1-2H3. The number of unbranched alkanes of at least 4 members (excludes halogenated alkanes) is 9. The van der Waals surface area contributed by atoms with Crippen molar-refractivity contribution in [2.24, 2.45) is 0 Å². The molecule has 4 nitrogen and oxygen atoms in total. The van der Waals surface area contributed by atoms with E-state index in [2.05, 4.69) is 6.92 Å². The quantitative estimate of drug-likeness (QED) is 0.405. The zero-order valence-corrected chi connectivity index (χ0v) is 15.0. The van der Waals surface area contributed by atoms with E-state index in [0.717, 1.165) is 18.9 Å². The molecule has 134 valence electrons. The maximum atomic E-state index is 12.0. The van der Waals surface area contributed by atoms with Crippen LogP contribution < -0.4 is 0 Å². The summed E-state index contributed by atoms with van der Waals surface area (Å²) in [6, 6.07) is 0. The summed E-state index contributed by atoms with van der Waals surface area (Å²) in [6.45, 7) is 2.23. The van der Waals surface area contributed by atoms with Crippen LogP contribution in [0.2, 0.25) is 0 Å². The van der Waals surface area contributed by atoms with Crippen molar-refractivity contribution in [3.05, 3.63) is 35.3 Å². The van der Waals surface area contributed by atoms with Crippen LogP contribution in [0.3, 0.4) is 0 Å². The van der Waals surface area contributed by atoms with Crippen molar-refractivity contribution in [1.29, 1.82) is 0 Å². The fourth-order valence-corrected chi connectivity index (χ4v) is 2.71. The summed E-state index contributed by atoms with van der Waals surface area (Å²) in [5, 5.41) is 9.74. The Morgan fingerprint density at radius 2 is 1.58 bits per heavy atom. The van der Waals surface area contributed by atoms with Gasteiger partial charge in [-0.05, 0) is 12.8 Å². The molecule has 0 atom stereocenters. The average molecular weight is 334 g/mol. The van der Waals surface area contributed by atoms with Crippen molar-refractivity contribution in [1.82, 2.24) is 0 Å². The van der Waals surface area contributed by atoms with Crippen LogP contribution in [0.15, 0.2) is 35.3 Å². The first-order chi connectivity index (χ1) is 11.6. The molecule has 0 aromatic carbocycles. The molecule has 1 rings (SSSR count). The summed E-state index contributed by atoms with van der Waals surface area (Å²) in [5.41, 5.74) is 0.0234. The van der Waals surface area contributed by atoms with Crippen LogP contribution in [-0.2, 0) is 14.3 Å². The van der Waals surface area contributed by atoms with Crippen LogP contribution in [0.4, 0.5) is 0 Å². The van der Waals surface area contributed by atoms with Gasteiger partial charge in [0.25, 0.3) is 0 Å². The summed E-state index contributed by atoms with van der Waals surface area (Å²) in [6.07, 6.45) is 16.6. The van der Waals surface area contributed by atoms with Gasteiger partial charge in [-0.1, -0.05) is 70.4 Å². The Labute approximate surface area is 145 Å². The largest absolute Gasteiger partial charge is 0.504 e. The van der Waals surface area contributed by atoms with Crippen molar-refractivity contribution >= 4 is 11.6 Å². The van der Waals surface area contributed by atoms with E-state index in [9.17, 15) is 14.7 Å². The minimum absolute atomic E-state index is 0.0234. The van der Waals surface area contributed by atoms with Gasteiger partial charge in [-0.15, -0.1) is 0 Å². The van der Waals surface area contributed by atoms with Crippen LogP contribution in [0.1, 0.15) is 71.1 Å². The summed E-state index contributed by atoms with van der Waals surface area (Å²) in [5.74, 6) is -1.56. The zero-order valence-electron chi connectivity index (χ0n) is 15.0. The summed E-state index contributed by atoms with van der Waals surface area (Å²) >= 11 is 0. The highest BCUT2D eigenvalue weighted by molar-refractivity contribution is 6.22. The first kappa shape index (κ1) is 20.2. The highest BCUT2D eigenvalue weighted by Gasteiger charge is 2.27. The van der Waals surface area contributed by atoms with Gasteiger partial charge in [0.1, 0.15) is 0 Å². The Hall–Kier alpha value is -1.84. The maximum absolute atomic E-state index is 12.0. The second kappa shape index (κ2) is 11.7. The zero-order chi connectivity index (χ0) is 17.8. The smallest absolute Gasteiger partial charge is 0.231 e. The van der Waals surface area contributed by atoms with E-state index in [0.29, 0.717) is 0 Å². The van der Waals surface area contributed by atoms with E-state index in [1.165, 1.54) is 64.6 Å². The lowest BCUT2D eigenvalue weighted by molar-refractivity contribution is -0.119. The number of carbonyl (C=O) groups excluding carboxylic acids is 2. The lowest BCUT2D eigenvalue weighted by Gasteiger charge is -2.12.